The molecule has 1 heterocycles. The Morgan fingerprint density at radius 3 is 2.36 bits per heavy atom. The van der Waals surface area contributed by atoms with Crippen LogP contribution in [0, 0.1) is 0 Å². The molecule has 0 spiro atoms. The second kappa shape index (κ2) is 8.93. The molecule has 0 aromatic heterocycles. The van der Waals surface area contributed by atoms with Gasteiger partial charge in [0, 0.05) is 26.6 Å². The number of hydrogen-bond donors (Lipinski definition) is 1. The van der Waals surface area contributed by atoms with E-state index in [1.165, 1.54) is 7.11 Å². The van der Waals surface area contributed by atoms with E-state index in [2.05, 4.69) is 5.32 Å². The van der Waals surface area contributed by atoms with Gasteiger partial charge in [-0.05, 0) is 18.6 Å². The molecule has 25 heavy (non-hydrogen) atoms. The lowest BCUT2D eigenvalue weighted by molar-refractivity contribution is -0.148. The normalized spacial score (nSPS) is 12.9. The van der Waals surface area contributed by atoms with Crippen LogP contribution >= 0.6 is 0 Å². The Balaban J connectivity index is 1.69. The summed E-state index contributed by atoms with van der Waals surface area (Å²) in [4.78, 5) is 48.4. The molecule has 2 rings (SSSR count). The van der Waals surface area contributed by atoms with Crippen molar-refractivity contribution in [3.63, 3.8) is 0 Å². The van der Waals surface area contributed by atoms with Crippen molar-refractivity contribution in [1.82, 2.24) is 10.2 Å². The van der Waals surface area contributed by atoms with Crippen LogP contribution in [-0.4, -0.2) is 62.0 Å². The van der Waals surface area contributed by atoms with E-state index in [0.29, 0.717) is 24.3 Å². The molecule has 8 nitrogen and oxygen atoms in total. The third-order valence-electron chi connectivity index (χ3n) is 3.63. The third-order valence-corrected chi connectivity index (χ3v) is 3.63. The minimum absolute atomic E-state index is 0.0127. The van der Waals surface area contributed by atoms with Gasteiger partial charge in [-0.3, -0.25) is 24.1 Å². The van der Waals surface area contributed by atoms with Gasteiger partial charge in [-0.1, -0.05) is 12.1 Å². The van der Waals surface area contributed by atoms with Gasteiger partial charge in [-0.15, -0.1) is 0 Å². The van der Waals surface area contributed by atoms with E-state index in [1.807, 2.05) is 0 Å². The first kappa shape index (κ1) is 18.6. The summed E-state index contributed by atoms with van der Waals surface area (Å²) in [7, 11) is 1.51. The predicted octanol–water partition coefficient (Wildman–Crippen LogP) is 0.369. The highest BCUT2D eigenvalue weighted by molar-refractivity contribution is 6.21. The van der Waals surface area contributed by atoms with E-state index in [0.717, 1.165) is 4.90 Å². The summed E-state index contributed by atoms with van der Waals surface area (Å²) >= 11 is 0. The Hall–Kier alpha value is -2.74. The van der Waals surface area contributed by atoms with E-state index in [4.69, 9.17) is 9.47 Å². The van der Waals surface area contributed by atoms with Gasteiger partial charge in [0.2, 0.25) is 0 Å². The Morgan fingerprint density at radius 1 is 1.12 bits per heavy atom. The molecule has 1 N–H and O–H groups in total. The Bertz CT molecular complexity index is 638. The second-order valence-corrected chi connectivity index (χ2v) is 5.41. The van der Waals surface area contributed by atoms with Gasteiger partial charge >= 0.3 is 5.97 Å². The molecule has 0 radical (unpaired) electrons. The van der Waals surface area contributed by atoms with Crippen molar-refractivity contribution in [2.24, 2.45) is 0 Å². The molecule has 0 saturated carbocycles. The topological polar surface area (TPSA) is 102 Å². The van der Waals surface area contributed by atoms with Crippen LogP contribution in [0.2, 0.25) is 0 Å². The van der Waals surface area contributed by atoms with Gasteiger partial charge in [0.1, 0.15) is 0 Å². The zero-order chi connectivity index (χ0) is 18.2. The lowest BCUT2D eigenvalue weighted by Gasteiger charge is -2.13. The second-order valence-electron chi connectivity index (χ2n) is 5.41. The first-order chi connectivity index (χ1) is 12.0. The molecule has 1 aliphatic rings. The number of carbonyl (C=O) groups is 4. The number of methoxy groups -OCH3 is 1. The van der Waals surface area contributed by atoms with Crippen molar-refractivity contribution >= 4 is 23.7 Å². The minimum atomic E-state index is -0.557. The number of ether oxygens (including phenoxy) is 2. The number of amides is 3. The zero-order valence-electron chi connectivity index (χ0n) is 13.9. The van der Waals surface area contributed by atoms with Gasteiger partial charge < -0.3 is 14.8 Å². The summed E-state index contributed by atoms with van der Waals surface area (Å²) in [6.45, 7) is 0.476. The molecule has 0 fully saturated rings. The summed E-state index contributed by atoms with van der Waals surface area (Å²) in [6.07, 6.45) is 0.286. The quantitative estimate of drug-likeness (QED) is 0.393. The average molecular weight is 348 g/mol. The fraction of sp³-hybridized carbons (Fsp3) is 0.412. The van der Waals surface area contributed by atoms with Crippen molar-refractivity contribution < 1.29 is 28.7 Å². The molecule has 0 unspecified atom stereocenters. The summed E-state index contributed by atoms with van der Waals surface area (Å²) in [5.74, 6) is -1.68. The van der Waals surface area contributed by atoms with Gasteiger partial charge in [-0.25, -0.2) is 0 Å². The predicted molar refractivity (Wildman–Crippen MR) is 86.9 cm³/mol. The van der Waals surface area contributed by atoms with Gasteiger partial charge in [0.25, 0.3) is 17.7 Å². The largest absolute Gasteiger partial charge is 0.456 e. The molecule has 0 bridgehead atoms. The Labute approximate surface area is 145 Å². The maximum absolute atomic E-state index is 12.1. The number of nitrogens with zero attached hydrogens (tertiary/aromatic N) is 1. The Kier molecular flexibility index (Phi) is 6.64. The number of fused-ring (bicyclic) bond motifs is 1. The SMILES string of the molecule is COCCNC(=O)COC(=O)CCCN1C(=O)c2ccccc2C1=O. The van der Waals surface area contributed by atoms with Crippen LogP contribution in [0.1, 0.15) is 33.6 Å². The first-order valence-corrected chi connectivity index (χ1v) is 7.91. The van der Waals surface area contributed by atoms with Crippen molar-refractivity contribution in [2.45, 2.75) is 12.8 Å². The Morgan fingerprint density at radius 2 is 1.76 bits per heavy atom. The fourth-order valence-corrected chi connectivity index (χ4v) is 2.39. The molecule has 8 heteroatoms. The van der Waals surface area contributed by atoms with Gasteiger partial charge in [-0.2, -0.15) is 0 Å². The van der Waals surface area contributed by atoms with Crippen LogP contribution in [0.4, 0.5) is 0 Å². The zero-order valence-corrected chi connectivity index (χ0v) is 13.9. The van der Waals surface area contributed by atoms with Crippen LogP contribution in [0.3, 0.4) is 0 Å². The monoisotopic (exact) mass is 348 g/mol. The fourth-order valence-electron chi connectivity index (χ4n) is 2.39. The maximum Gasteiger partial charge on any atom is 0.306 e. The van der Waals surface area contributed by atoms with E-state index < -0.39 is 11.9 Å². The smallest absolute Gasteiger partial charge is 0.306 e. The lowest BCUT2D eigenvalue weighted by atomic mass is 10.1. The summed E-state index contributed by atoms with van der Waals surface area (Å²) in [6, 6.07) is 6.60. The molecular formula is C17H20N2O6. The van der Waals surface area contributed by atoms with Crippen molar-refractivity contribution in [2.75, 3.05) is 33.4 Å². The number of rotatable bonds is 9. The number of carbonyl (C=O) groups excluding carboxylic acids is 4. The van der Waals surface area contributed by atoms with Crippen molar-refractivity contribution in [1.29, 1.82) is 0 Å². The molecule has 1 aromatic rings. The highest BCUT2D eigenvalue weighted by Crippen LogP contribution is 2.22. The van der Waals surface area contributed by atoms with E-state index in [1.54, 1.807) is 24.3 Å². The number of benzene rings is 1. The molecule has 1 aliphatic heterocycles. The minimum Gasteiger partial charge on any atom is -0.456 e. The van der Waals surface area contributed by atoms with Crippen molar-refractivity contribution in [3.05, 3.63) is 35.4 Å². The van der Waals surface area contributed by atoms with Crippen LogP contribution in [-0.2, 0) is 19.1 Å². The van der Waals surface area contributed by atoms with E-state index in [9.17, 15) is 19.2 Å². The highest BCUT2D eigenvalue weighted by Gasteiger charge is 2.34. The molecule has 0 saturated heterocycles. The standard InChI is InChI=1S/C17H20N2O6/c1-24-10-8-18-14(20)11-25-15(21)7-4-9-19-16(22)12-5-2-3-6-13(12)17(19)23/h2-3,5-6H,4,7-11H2,1H3,(H,18,20). The highest BCUT2D eigenvalue weighted by atomic mass is 16.5. The van der Waals surface area contributed by atoms with Crippen molar-refractivity contribution in [3.8, 4) is 0 Å². The van der Waals surface area contributed by atoms with Gasteiger partial charge in [0.15, 0.2) is 6.61 Å². The van der Waals surface area contributed by atoms with Crippen LogP contribution in [0.15, 0.2) is 24.3 Å². The number of imide groups is 1. The number of nitrogens with one attached hydrogen (secondary N) is 1. The molecule has 134 valence electrons. The number of esters is 1. The van der Waals surface area contributed by atoms with Gasteiger partial charge in [0.05, 0.1) is 17.7 Å². The number of hydrogen-bond acceptors (Lipinski definition) is 6. The molecule has 0 atom stereocenters. The summed E-state index contributed by atoms with van der Waals surface area (Å²) in [5, 5.41) is 2.52. The van der Waals surface area contributed by atoms with E-state index in [-0.39, 0.29) is 37.8 Å². The van der Waals surface area contributed by atoms with E-state index >= 15 is 0 Å². The average Bonchev–Trinajstić information content (AvgIpc) is 2.85. The summed E-state index contributed by atoms with van der Waals surface area (Å²) < 4.78 is 9.61. The van der Waals surface area contributed by atoms with Crippen LogP contribution in [0.5, 0.6) is 0 Å². The van der Waals surface area contributed by atoms with Crippen LogP contribution in [0.25, 0.3) is 0 Å². The molecule has 1 aromatic carbocycles. The molecular weight excluding hydrogens is 328 g/mol. The summed E-state index contributed by atoms with van der Waals surface area (Å²) in [5.41, 5.74) is 0.755. The molecule has 0 aliphatic carbocycles. The maximum atomic E-state index is 12.1. The molecule has 3 amide bonds. The third kappa shape index (κ3) is 4.87. The lowest BCUT2D eigenvalue weighted by Crippen LogP contribution is -2.32. The van der Waals surface area contributed by atoms with Crippen LogP contribution < -0.4 is 5.32 Å². The first-order valence-electron chi connectivity index (χ1n) is 7.91.